The molecule has 0 bridgehead atoms. The van der Waals surface area contributed by atoms with Gasteiger partial charge in [0.2, 0.25) is 0 Å². The highest BCUT2D eigenvalue weighted by Crippen LogP contribution is 2.32. The van der Waals surface area contributed by atoms with Crippen molar-refractivity contribution in [2.75, 3.05) is 32.8 Å². The summed E-state index contributed by atoms with van der Waals surface area (Å²) in [6.45, 7) is 5.12. The second kappa shape index (κ2) is 8.30. The van der Waals surface area contributed by atoms with Crippen LogP contribution in [0.3, 0.4) is 0 Å². The Labute approximate surface area is 149 Å². The first kappa shape index (κ1) is 17.7. The molecule has 0 atom stereocenters. The van der Waals surface area contributed by atoms with Crippen LogP contribution >= 0.6 is 0 Å². The van der Waals surface area contributed by atoms with E-state index in [1.165, 1.54) is 4.90 Å². The number of carbonyl (C=O) groups is 2. The Hall–Kier alpha value is -2.14. The molecule has 0 aliphatic carbocycles. The number of ether oxygens (including phenoxy) is 1. The Bertz CT molecular complexity index is 648. The monoisotopic (exact) mass is 342 g/mol. The van der Waals surface area contributed by atoms with Gasteiger partial charge in [0.25, 0.3) is 11.8 Å². The molecule has 0 radical (unpaired) electrons. The third-order valence-electron chi connectivity index (χ3n) is 4.77. The fourth-order valence-corrected chi connectivity index (χ4v) is 3.41. The van der Waals surface area contributed by atoms with Crippen LogP contribution in [0, 0.1) is 0 Å². The van der Waals surface area contributed by atoms with Crippen LogP contribution in [0.25, 0.3) is 5.57 Å². The summed E-state index contributed by atoms with van der Waals surface area (Å²) in [7, 11) is 0. The second-order valence-electron chi connectivity index (χ2n) is 6.51. The second-order valence-corrected chi connectivity index (χ2v) is 6.51. The van der Waals surface area contributed by atoms with Gasteiger partial charge in [-0.2, -0.15) is 0 Å². The van der Waals surface area contributed by atoms with Crippen LogP contribution in [0.1, 0.15) is 38.2 Å². The van der Waals surface area contributed by atoms with E-state index in [1.54, 1.807) is 0 Å². The average molecular weight is 342 g/mol. The van der Waals surface area contributed by atoms with Crippen molar-refractivity contribution in [2.24, 2.45) is 0 Å². The van der Waals surface area contributed by atoms with Gasteiger partial charge >= 0.3 is 0 Å². The maximum atomic E-state index is 13.0. The molecular formula is C20H26N2O3. The summed E-state index contributed by atoms with van der Waals surface area (Å²) in [5.74, 6) is -0.309. The molecule has 2 aliphatic heterocycles. The van der Waals surface area contributed by atoms with E-state index < -0.39 is 0 Å². The number of imide groups is 1. The lowest BCUT2D eigenvalue weighted by Crippen LogP contribution is -2.40. The van der Waals surface area contributed by atoms with Gasteiger partial charge < -0.3 is 9.64 Å². The van der Waals surface area contributed by atoms with Crippen molar-refractivity contribution in [1.29, 1.82) is 0 Å². The summed E-state index contributed by atoms with van der Waals surface area (Å²) in [6.07, 6.45) is 4.17. The Morgan fingerprint density at radius 2 is 1.68 bits per heavy atom. The number of morpholine rings is 1. The van der Waals surface area contributed by atoms with Gasteiger partial charge in [-0.1, -0.05) is 56.5 Å². The van der Waals surface area contributed by atoms with Gasteiger partial charge in [-0.15, -0.1) is 0 Å². The van der Waals surface area contributed by atoms with Crippen LogP contribution in [0.4, 0.5) is 0 Å². The Kier molecular flexibility index (Phi) is 5.87. The van der Waals surface area contributed by atoms with E-state index in [9.17, 15) is 9.59 Å². The third kappa shape index (κ3) is 3.76. The minimum absolute atomic E-state index is 0.151. The van der Waals surface area contributed by atoms with Crippen LogP contribution < -0.4 is 0 Å². The molecule has 1 fully saturated rings. The molecule has 0 saturated carbocycles. The van der Waals surface area contributed by atoms with Crippen LogP contribution in [0.2, 0.25) is 0 Å². The largest absolute Gasteiger partial charge is 0.378 e. The van der Waals surface area contributed by atoms with Gasteiger partial charge in [0, 0.05) is 19.6 Å². The lowest BCUT2D eigenvalue weighted by atomic mass is 10.0. The zero-order valence-corrected chi connectivity index (χ0v) is 14.9. The molecule has 2 heterocycles. The summed E-state index contributed by atoms with van der Waals surface area (Å²) in [6, 6.07) is 9.53. The number of amides is 2. The van der Waals surface area contributed by atoms with Crippen LogP contribution in [0.5, 0.6) is 0 Å². The highest BCUT2D eigenvalue weighted by Gasteiger charge is 2.41. The molecule has 5 nitrogen and oxygen atoms in total. The summed E-state index contributed by atoms with van der Waals surface area (Å²) in [4.78, 5) is 29.5. The molecule has 25 heavy (non-hydrogen) atoms. The number of benzene rings is 1. The molecular weight excluding hydrogens is 316 g/mol. The smallest absolute Gasteiger partial charge is 0.277 e. The standard InChI is InChI=1S/C20H26N2O3/c1-2-3-4-8-11-22-19(23)17(16-9-6-5-7-10-16)18(20(22)24)21-12-14-25-15-13-21/h5-7,9-10H,2-4,8,11-15H2,1H3. The van der Waals surface area contributed by atoms with E-state index >= 15 is 0 Å². The Morgan fingerprint density at radius 3 is 2.36 bits per heavy atom. The van der Waals surface area contributed by atoms with Crippen molar-refractivity contribution in [3.8, 4) is 0 Å². The molecule has 0 N–H and O–H groups in total. The first-order valence-electron chi connectivity index (χ1n) is 9.22. The highest BCUT2D eigenvalue weighted by atomic mass is 16.5. The van der Waals surface area contributed by atoms with E-state index in [0.717, 1.165) is 31.2 Å². The van der Waals surface area contributed by atoms with Crippen LogP contribution in [-0.2, 0) is 14.3 Å². The zero-order valence-electron chi connectivity index (χ0n) is 14.9. The Balaban J connectivity index is 1.88. The summed E-state index contributed by atoms with van der Waals surface area (Å²) in [5.41, 5.74) is 1.91. The molecule has 1 aromatic rings. The van der Waals surface area contributed by atoms with Crippen molar-refractivity contribution >= 4 is 17.4 Å². The maximum absolute atomic E-state index is 13.0. The van der Waals surface area contributed by atoms with E-state index in [4.69, 9.17) is 4.74 Å². The number of rotatable bonds is 7. The van der Waals surface area contributed by atoms with Gasteiger partial charge in [0.1, 0.15) is 5.70 Å². The number of unbranched alkanes of at least 4 members (excludes halogenated alkanes) is 3. The molecule has 3 rings (SSSR count). The lowest BCUT2D eigenvalue weighted by molar-refractivity contribution is -0.137. The topological polar surface area (TPSA) is 49.9 Å². The molecule has 5 heteroatoms. The van der Waals surface area contributed by atoms with Gasteiger partial charge in [-0.05, 0) is 12.0 Å². The summed E-state index contributed by atoms with van der Waals surface area (Å²) < 4.78 is 5.41. The first-order valence-corrected chi connectivity index (χ1v) is 9.22. The van der Waals surface area contributed by atoms with E-state index in [1.807, 2.05) is 35.2 Å². The predicted molar refractivity (Wildman–Crippen MR) is 96.6 cm³/mol. The van der Waals surface area contributed by atoms with Crippen LogP contribution in [-0.4, -0.2) is 54.5 Å². The molecule has 134 valence electrons. The summed E-state index contributed by atoms with van der Waals surface area (Å²) in [5, 5.41) is 0. The Morgan fingerprint density at radius 1 is 0.960 bits per heavy atom. The highest BCUT2D eigenvalue weighted by molar-refractivity contribution is 6.35. The van der Waals surface area contributed by atoms with Gasteiger partial charge in [0.05, 0.1) is 18.8 Å². The SMILES string of the molecule is CCCCCCN1C(=O)C(c2ccccc2)=C(N2CCOCC2)C1=O. The normalized spacial score (nSPS) is 18.4. The zero-order chi connectivity index (χ0) is 17.6. The molecule has 2 aliphatic rings. The van der Waals surface area contributed by atoms with Crippen molar-refractivity contribution in [3.05, 3.63) is 41.6 Å². The molecule has 0 unspecified atom stereocenters. The number of nitrogens with zero attached hydrogens (tertiary/aromatic N) is 2. The average Bonchev–Trinajstić information content (AvgIpc) is 2.91. The number of hydrogen-bond donors (Lipinski definition) is 0. The van der Waals surface area contributed by atoms with E-state index in [2.05, 4.69) is 6.92 Å². The van der Waals surface area contributed by atoms with E-state index in [0.29, 0.717) is 44.1 Å². The lowest BCUT2D eigenvalue weighted by Gasteiger charge is -2.29. The fourth-order valence-electron chi connectivity index (χ4n) is 3.41. The van der Waals surface area contributed by atoms with Crippen molar-refractivity contribution in [3.63, 3.8) is 0 Å². The molecule has 1 aromatic carbocycles. The summed E-state index contributed by atoms with van der Waals surface area (Å²) >= 11 is 0. The van der Waals surface area contributed by atoms with Gasteiger partial charge in [-0.25, -0.2) is 0 Å². The predicted octanol–water partition coefficient (Wildman–Crippen LogP) is 2.68. The molecule has 0 spiro atoms. The van der Waals surface area contributed by atoms with Gasteiger partial charge in [-0.3, -0.25) is 14.5 Å². The van der Waals surface area contributed by atoms with Gasteiger partial charge in [0.15, 0.2) is 0 Å². The first-order chi connectivity index (χ1) is 12.2. The third-order valence-corrected chi connectivity index (χ3v) is 4.77. The minimum atomic E-state index is -0.158. The van der Waals surface area contributed by atoms with Crippen LogP contribution in [0.15, 0.2) is 36.0 Å². The molecule has 1 saturated heterocycles. The number of carbonyl (C=O) groups excluding carboxylic acids is 2. The minimum Gasteiger partial charge on any atom is -0.378 e. The van der Waals surface area contributed by atoms with Crippen molar-refractivity contribution in [2.45, 2.75) is 32.6 Å². The van der Waals surface area contributed by atoms with Crippen molar-refractivity contribution < 1.29 is 14.3 Å². The quantitative estimate of drug-likeness (QED) is 0.565. The van der Waals surface area contributed by atoms with Crippen molar-refractivity contribution in [1.82, 2.24) is 9.80 Å². The maximum Gasteiger partial charge on any atom is 0.277 e. The number of hydrogen-bond acceptors (Lipinski definition) is 4. The molecule has 0 aromatic heterocycles. The fraction of sp³-hybridized carbons (Fsp3) is 0.500. The van der Waals surface area contributed by atoms with E-state index in [-0.39, 0.29) is 11.8 Å². The molecule has 2 amide bonds.